The molecule has 1 aromatic rings. The molecule has 0 unspecified atom stereocenters. The standard InChI is InChI=1S/C11H9Cl2NO3/c1-2-3-9(15)14-10-7(11(16)17)4-6(12)5-8(10)13/h2-5H,1H3,(H,14,15)(H,16,17)/b3-2+. The fourth-order valence-electron chi connectivity index (χ4n) is 1.19. The molecule has 0 saturated carbocycles. The van der Waals surface area contributed by atoms with Crippen LogP contribution in [-0.2, 0) is 4.79 Å². The normalized spacial score (nSPS) is 10.5. The first-order valence-electron chi connectivity index (χ1n) is 4.61. The number of carboxylic acids is 1. The molecule has 1 aromatic carbocycles. The van der Waals surface area contributed by atoms with Crippen molar-refractivity contribution in [2.75, 3.05) is 5.32 Å². The second kappa shape index (κ2) is 5.70. The highest BCUT2D eigenvalue weighted by Crippen LogP contribution is 2.30. The maximum atomic E-state index is 11.3. The molecule has 17 heavy (non-hydrogen) atoms. The van der Waals surface area contributed by atoms with E-state index >= 15 is 0 Å². The van der Waals surface area contributed by atoms with Crippen LogP contribution in [0.3, 0.4) is 0 Å². The van der Waals surface area contributed by atoms with E-state index in [2.05, 4.69) is 5.32 Å². The lowest BCUT2D eigenvalue weighted by atomic mass is 10.1. The number of nitrogens with one attached hydrogen (secondary N) is 1. The van der Waals surface area contributed by atoms with E-state index in [1.165, 1.54) is 24.3 Å². The Balaban J connectivity index is 3.21. The Morgan fingerprint density at radius 3 is 2.53 bits per heavy atom. The van der Waals surface area contributed by atoms with Gasteiger partial charge in [0.1, 0.15) is 0 Å². The van der Waals surface area contributed by atoms with Crippen LogP contribution in [0.15, 0.2) is 24.3 Å². The number of carbonyl (C=O) groups excluding carboxylic acids is 1. The van der Waals surface area contributed by atoms with Gasteiger partial charge in [0.05, 0.1) is 16.3 Å². The van der Waals surface area contributed by atoms with Crippen LogP contribution in [0.5, 0.6) is 0 Å². The zero-order valence-corrected chi connectivity index (χ0v) is 10.3. The molecule has 0 bridgehead atoms. The maximum absolute atomic E-state index is 11.3. The van der Waals surface area contributed by atoms with E-state index in [4.69, 9.17) is 28.3 Å². The van der Waals surface area contributed by atoms with Gasteiger partial charge >= 0.3 is 5.97 Å². The molecule has 6 heteroatoms. The summed E-state index contributed by atoms with van der Waals surface area (Å²) in [6, 6.07) is 2.59. The van der Waals surface area contributed by atoms with Crippen molar-refractivity contribution in [1.82, 2.24) is 0 Å². The number of halogens is 2. The van der Waals surface area contributed by atoms with Crippen LogP contribution in [0.25, 0.3) is 0 Å². The molecule has 90 valence electrons. The maximum Gasteiger partial charge on any atom is 0.337 e. The summed E-state index contributed by atoms with van der Waals surface area (Å²) in [7, 11) is 0. The van der Waals surface area contributed by atoms with Gasteiger partial charge in [0.2, 0.25) is 5.91 Å². The van der Waals surface area contributed by atoms with E-state index in [0.29, 0.717) is 0 Å². The molecule has 0 atom stereocenters. The van der Waals surface area contributed by atoms with Crippen LogP contribution in [0.4, 0.5) is 5.69 Å². The van der Waals surface area contributed by atoms with Gasteiger partial charge in [-0.15, -0.1) is 0 Å². The minimum Gasteiger partial charge on any atom is -0.478 e. The summed E-state index contributed by atoms with van der Waals surface area (Å²) in [5.41, 5.74) is -0.119. The van der Waals surface area contributed by atoms with Gasteiger partial charge in [-0.25, -0.2) is 4.79 Å². The molecule has 0 radical (unpaired) electrons. The number of aromatic carboxylic acids is 1. The van der Waals surface area contributed by atoms with Gasteiger partial charge in [0.15, 0.2) is 0 Å². The van der Waals surface area contributed by atoms with Crippen molar-refractivity contribution >= 4 is 40.8 Å². The highest BCUT2D eigenvalue weighted by Gasteiger charge is 2.16. The Morgan fingerprint density at radius 1 is 1.35 bits per heavy atom. The summed E-state index contributed by atoms with van der Waals surface area (Å²) in [5.74, 6) is -1.68. The van der Waals surface area contributed by atoms with E-state index < -0.39 is 11.9 Å². The van der Waals surface area contributed by atoms with Gasteiger partial charge in [-0.1, -0.05) is 29.3 Å². The van der Waals surface area contributed by atoms with Gasteiger partial charge in [-0.05, 0) is 25.1 Å². The van der Waals surface area contributed by atoms with E-state index in [1.54, 1.807) is 6.92 Å². The number of anilines is 1. The fraction of sp³-hybridized carbons (Fsp3) is 0.0909. The fourth-order valence-corrected chi connectivity index (χ4v) is 1.73. The van der Waals surface area contributed by atoms with Crippen molar-refractivity contribution < 1.29 is 14.7 Å². The van der Waals surface area contributed by atoms with Gasteiger partial charge in [-0.2, -0.15) is 0 Å². The van der Waals surface area contributed by atoms with Crippen molar-refractivity contribution in [2.24, 2.45) is 0 Å². The monoisotopic (exact) mass is 273 g/mol. The molecule has 0 aliphatic heterocycles. The van der Waals surface area contributed by atoms with Crippen LogP contribution in [0, 0.1) is 0 Å². The Bertz CT molecular complexity index is 498. The lowest BCUT2D eigenvalue weighted by Crippen LogP contribution is -2.12. The molecule has 0 aromatic heterocycles. The number of hydrogen-bond donors (Lipinski definition) is 2. The minimum atomic E-state index is -1.22. The summed E-state index contributed by atoms with van der Waals surface area (Å²) in [4.78, 5) is 22.3. The van der Waals surface area contributed by atoms with E-state index in [0.717, 1.165) is 0 Å². The predicted molar refractivity (Wildman–Crippen MR) is 66.9 cm³/mol. The summed E-state index contributed by atoms with van der Waals surface area (Å²) < 4.78 is 0. The summed E-state index contributed by atoms with van der Waals surface area (Å²) >= 11 is 11.5. The lowest BCUT2D eigenvalue weighted by molar-refractivity contribution is -0.111. The summed E-state index contributed by atoms with van der Waals surface area (Å²) in [5, 5.41) is 11.6. The number of allylic oxidation sites excluding steroid dienone is 1. The quantitative estimate of drug-likeness (QED) is 0.832. The van der Waals surface area contributed by atoms with E-state index in [-0.39, 0.29) is 21.3 Å². The molecule has 1 amide bonds. The molecule has 0 aliphatic carbocycles. The van der Waals surface area contributed by atoms with Crippen LogP contribution in [0.2, 0.25) is 10.0 Å². The molecular formula is C11H9Cl2NO3. The molecule has 0 aliphatic rings. The highest BCUT2D eigenvalue weighted by atomic mass is 35.5. The second-order valence-corrected chi connectivity index (χ2v) is 3.95. The molecule has 0 fully saturated rings. The molecular weight excluding hydrogens is 265 g/mol. The number of carboxylic acid groups (broad SMARTS) is 1. The van der Waals surface area contributed by atoms with E-state index in [9.17, 15) is 9.59 Å². The van der Waals surface area contributed by atoms with Crippen LogP contribution >= 0.6 is 23.2 Å². The average Bonchev–Trinajstić information content (AvgIpc) is 2.21. The first kappa shape index (κ1) is 13.5. The largest absolute Gasteiger partial charge is 0.478 e. The number of rotatable bonds is 3. The zero-order valence-electron chi connectivity index (χ0n) is 8.83. The number of benzene rings is 1. The van der Waals surface area contributed by atoms with Gasteiger partial charge in [0, 0.05) is 5.02 Å². The third-order valence-corrected chi connectivity index (χ3v) is 2.37. The Hall–Kier alpha value is -1.52. The first-order chi connectivity index (χ1) is 7.95. The van der Waals surface area contributed by atoms with Crippen molar-refractivity contribution in [3.63, 3.8) is 0 Å². The van der Waals surface area contributed by atoms with Crippen LogP contribution < -0.4 is 5.32 Å². The lowest BCUT2D eigenvalue weighted by Gasteiger charge is -2.09. The third kappa shape index (κ3) is 3.47. The zero-order chi connectivity index (χ0) is 13.0. The Kier molecular flexibility index (Phi) is 4.54. The van der Waals surface area contributed by atoms with E-state index in [1.807, 2.05) is 0 Å². The van der Waals surface area contributed by atoms with Gasteiger partial charge in [-0.3, -0.25) is 4.79 Å². The smallest absolute Gasteiger partial charge is 0.337 e. The number of carbonyl (C=O) groups is 2. The van der Waals surface area contributed by atoms with Crippen molar-refractivity contribution in [3.8, 4) is 0 Å². The van der Waals surface area contributed by atoms with Gasteiger partial charge < -0.3 is 10.4 Å². The molecule has 0 heterocycles. The molecule has 1 rings (SSSR count). The highest BCUT2D eigenvalue weighted by molar-refractivity contribution is 6.37. The average molecular weight is 274 g/mol. The number of amides is 1. The van der Waals surface area contributed by atoms with Crippen LogP contribution in [-0.4, -0.2) is 17.0 Å². The molecule has 0 spiro atoms. The number of hydrogen-bond acceptors (Lipinski definition) is 2. The molecule has 0 saturated heterocycles. The summed E-state index contributed by atoms with van der Waals surface area (Å²) in [6.07, 6.45) is 2.79. The third-order valence-electron chi connectivity index (χ3n) is 1.85. The van der Waals surface area contributed by atoms with Gasteiger partial charge in [0.25, 0.3) is 0 Å². The van der Waals surface area contributed by atoms with Crippen molar-refractivity contribution in [2.45, 2.75) is 6.92 Å². The Labute approximate surface area is 108 Å². The topological polar surface area (TPSA) is 66.4 Å². The Morgan fingerprint density at radius 2 is 2.00 bits per heavy atom. The predicted octanol–water partition coefficient (Wildman–Crippen LogP) is 3.21. The first-order valence-corrected chi connectivity index (χ1v) is 5.37. The second-order valence-electron chi connectivity index (χ2n) is 3.10. The SMILES string of the molecule is C/C=C/C(=O)Nc1c(Cl)cc(Cl)cc1C(=O)O. The summed E-state index contributed by atoms with van der Waals surface area (Å²) in [6.45, 7) is 1.67. The molecule has 4 nitrogen and oxygen atoms in total. The van der Waals surface area contributed by atoms with Crippen molar-refractivity contribution in [1.29, 1.82) is 0 Å². The van der Waals surface area contributed by atoms with Crippen LogP contribution in [0.1, 0.15) is 17.3 Å². The molecule has 2 N–H and O–H groups in total. The van der Waals surface area contributed by atoms with Crippen molar-refractivity contribution in [3.05, 3.63) is 39.9 Å². The minimum absolute atomic E-state index is 0.0340.